The Balaban J connectivity index is 1.83. The molecule has 1 aliphatic rings. The largest absolute Gasteiger partial charge is 0.289 e. The van der Waals surface area contributed by atoms with Crippen LogP contribution >= 0.6 is 46.7 Å². The minimum Gasteiger partial charge on any atom is -0.289 e. The van der Waals surface area contributed by atoms with Crippen LogP contribution in [0.15, 0.2) is 45.9 Å². The van der Waals surface area contributed by atoms with Crippen LogP contribution in [0, 0.1) is 0 Å². The fraction of sp³-hybridized carbons (Fsp3) is 0.278. The summed E-state index contributed by atoms with van der Waals surface area (Å²) >= 11 is 14.3. The third-order valence-electron chi connectivity index (χ3n) is 3.82. The number of ketones is 1. The first-order valence-corrected chi connectivity index (χ1v) is 11.2. The molecule has 2 aromatic heterocycles. The van der Waals surface area contributed by atoms with Gasteiger partial charge in [0.15, 0.2) is 11.6 Å². The number of aromatic nitrogens is 4. The minimum atomic E-state index is 0.0189. The van der Waals surface area contributed by atoms with Crippen LogP contribution in [0.5, 0.6) is 0 Å². The lowest BCUT2D eigenvalue weighted by molar-refractivity contribution is -0.112. The fourth-order valence-electron chi connectivity index (χ4n) is 2.64. The van der Waals surface area contributed by atoms with Gasteiger partial charge in [0, 0.05) is 17.3 Å². The molecule has 2 heterocycles. The molecule has 2 aromatic rings. The molecular weight excluding hydrogens is 423 g/mol. The van der Waals surface area contributed by atoms with E-state index < -0.39 is 0 Å². The molecule has 0 spiro atoms. The first-order valence-electron chi connectivity index (χ1n) is 8.18. The van der Waals surface area contributed by atoms with Gasteiger partial charge in [-0.15, -0.1) is 23.2 Å². The van der Waals surface area contributed by atoms with Crippen molar-refractivity contribution in [3.8, 4) is 0 Å². The molecular formula is C18H16Cl2N4OS2. The molecule has 0 N–H and O–H groups in total. The molecule has 0 aromatic carbocycles. The van der Waals surface area contributed by atoms with Crippen LogP contribution in [0.1, 0.15) is 30.8 Å². The Morgan fingerprint density at radius 1 is 1.00 bits per heavy atom. The normalized spacial score (nSPS) is 17.6. The maximum Gasteiger partial charge on any atom is 0.185 e. The summed E-state index contributed by atoms with van der Waals surface area (Å²) in [6.07, 6.45) is 9.09. The summed E-state index contributed by atoms with van der Waals surface area (Å²) in [6, 6.07) is 3.63. The van der Waals surface area contributed by atoms with Gasteiger partial charge < -0.3 is 0 Å². The minimum absolute atomic E-state index is 0.0189. The van der Waals surface area contributed by atoms with Gasteiger partial charge in [0.25, 0.3) is 0 Å². The van der Waals surface area contributed by atoms with E-state index in [9.17, 15) is 4.79 Å². The third kappa shape index (κ3) is 5.78. The van der Waals surface area contributed by atoms with Crippen LogP contribution in [0.2, 0.25) is 0 Å². The lowest BCUT2D eigenvalue weighted by Gasteiger charge is -2.16. The lowest BCUT2D eigenvalue weighted by Crippen LogP contribution is -2.12. The van der Waals surface area contributed by atoms with Crippen LogP contribution in [0.3, 0.4) is 0 Å². The topological polar surface area (TPSA) is 68.6 Å². The molecule has 27 heavy (non-hydrogen) atoms. The van der Waals surface area contributed by atoms with Gasteiger partial charge in [0.05, 0.1) is 16.1 Å². The maximum atomic E-state index is 12.9. The highest BCUT2D eigenvalue weighted by Gasteiger charge is 2.21. The highest BCUT2D eigenvalue weighted by molar-refractivity contribution is 8.00. The summed E-state index contributed by atoms with van der Waals surface area (Å²) in [5.41, 5.74) is 2.16. The molecule has 5 nitrogen and oxygen atoms in total. The Hall–Kier alpha value is -1.41. The zero-order valence-electron chi connectivity index (χ0n) is 14.3. The average Bonchev–Trinajstić information content (AvgIpc) is 2.66. The SMILES string of the molecule is O=C1C(=Cc2cc(SCCl)ncn2)CCCC1=Cc1nccc(SCCl)n1. The van der Waals surface area contributed by atoms with Crippen molar-refractivity contribution in [3.63, 3.8) is 0 Å². The van der Waals surface area contributed by atoms with Gasteiger partial charge in [-0.25, -0.2) is 19.9 Å². The van der Waals surface area contributed by atoms with E-state index in [1.165, 1.54) is 29.9 Å². The van der Waals surface area contributed by atoms with Crippen LogP contribution in [0.25, 0.3) is 12.2 Å². The van der Waals surface area contributed by atoms with Gasteiger partial charge in [-0.05, 0) is 43.5 Å². The summed E-state index contributed by atoms with van der Waals surface area (Å²) in [7, 11) is 0. The highest BCUT2D eigenvalue weighted by Crippen LogP contribution is 2.28. The summed E-state index contributed by atoms with van der Waals surface area (Å²) in [6.45, 7) is 0. The number of allylic oxidation sites excluding steroid dienone is 2. The van der Waals surface area contributed by atoms with E-state index in [2.05, 4.69) is 19.9 Å². The molecule has 0 unspecified atom stereocenters. The van der Waals surface area contributed by atoms with Crippen molar-refractivity contribution in [2.24, 2.45) is 0 Å². The molecule has 0 saturated heterocycles. The van der Waals surface area contributed by atoms with E-state index in [1.54, 1.807) is 18.3 Å². The van der Waals surface area contributed by atoms with Crippen molar-refractivity contribution in [3.05, 3.63) is 47.3 Å². The lowest BCUT2D eigenvalue weighted by atomic mass is 9.88. The van der Waals surface area contributed by atoms with Gasteiger partial charge in [0.1, 0.15) is 16.4 Å². The number of alkyl halides is 2. The molecule has 0 radical (unpaired) electrons. The quantitative estimate of drug-likeness (QED) is 0.270. The molecule has 0 bridgehead atoms. The second-order valence-electron chi connectivity index (χ2n) is 5.56. The number of hydrogen-bond donors (Lipinski definition) is 0. The molecule has 1 saturated carbocycles. The summed E-state index contributed by atoms with van der Waals surface area (Å²) in [4.78, 5) is 29.9. The Bertz CT molecular complexity index is 820. The van der Waals surface area contributed by atoms with Gasteiger partial charge in [0.2, 0.25) is 0 Å². The molecule has 0 amide bonds. The monoisotopic (exact) mass is 438 g/mol. The maximum absolute atomic E-state index is 12.9. The van der Waals surface area contributed by atoms with Crippen molar-refractivity contribution in [2.45, 2.75) is 29.3 Å². The van der Waals surface area contributed by atoms with E-state index in [4.69, 9.17) is 23.2 Å². The third-order valence-corrected chi connectivity index (χ3v) is 5.73. The van der Waals surface area contributed by atoms with Crippen molar-refractivity contribution in [1.29, 1.82) is 0 Å². The highest BCUT2D eigenvalue weighted by atomic mass is 35.5. The summed E-state index contributed by atoms with van der Waals surface area (Å²) < 4.78 is 0. The van der Waals surface area contributed by atoms with Crippen LogP contribution in [0.4, 0.5) is 0 Å². The molecule has 0 atom stereocenters. The first-order chi connectivity index (χ1) is 13.2. The Morgan fingerprint density at radius 2 is 1.74 bits per heavy atom. The van der Waals surface area contributed by atoms with Gasteiger partial charge in [-0.1, -0.05) is 23.5 Å². The standard InChI is InChI=1S/C18H16Cl2N4OS2/c19-9-26-16-4-5-21-15(24-16)7-13-3-1-2-12(18(13)25)6-14-8-17(27-10-20)23-11-22-14/h4-8,11H,1-3,9-10H2. The van der Waals surface area contributed by atoms with Gasteiger partial charge >= 0.3 is 0 Å². The van der Waals surface area contributed by atoms with Gasteiger partial charge in [-0.2, -0.15) is 0 Å². The molecule has 0 aliphatic heterocycles. The first kappa shape index (κ1) is 20.3. The molecule has 1 fully saturated rings. The number of nitrogens with zero attached hydrogens (tertiary/aromatic N) is 4. The van der Waals surface area contributed by atoms with Crippen molar-refractivity contribution < 1.29 is 4.79 Å². The predicted octanol–water partition coefficient (Wildman–Crippen LogP) is 5.06. The number of thioether (sulfide) groups is 2. The predicted molar refractivity (Wildman–Crippen MR) is 112 cm³/mol. The second-order valence-corrected chi connectivity index (χ2v) is 8.72. The van der Waals surface area contributed by atoms with Crippen molar-refractivity contribution >= 4 is 64.7 Å². The smallest absolute Gasteiger partial charge is 0.185 e. The average molecular weight is 439 g/mol. The summed E-state index contributed by atoms with van der Waals surface area (Å²) in [5.74, 6) is 0.544. The number of rotatable bonds is 6. The zero-order valence-corrected chi connectivity index (χ0v) is 17.4. The summed E-state index contributed by atoms with van der Waals surface area (Å²) in [5, 5.41) is 2.41. The van der Waals surface area contributed by atoms with E-state index >= 15 is 0 Å². The molecule has 1 aliphatic carbocycles. The Kier molecular flexibility index (Phi) is 7.70. The number of carbonyl (C=O) groups is 1. The van der Waals surface area contributed by atoms with Gasteiger partial charge in [-0.3, -0.25) is 4.79 Å². The molecule has 9 heteroatoms. The van der Waals surface area contributed by atoms with Crippen molar-refractivity contribution in [1.82, 2.24) is 19.9 Å². The molecule has 3 rings (SSSR count). The van der Waals surface area contributed by atoms with Crippen LogP contribution in [-0.4, -0.2) is 36.1 Å². The molecule has 140 valence electrons. The zero-order chi connectivity index (χ0) is 19.1. The van der Waals surface area contributed by atoms with Crippen LogP contribution < -0.4 is 0 Å². The van der Waals surface area contributed by atoms with E-state index in [0.29, 0.717) is 33.9 Å². The van der Waals surface area contributed by atoms with Crippen molar-refractivity contribution in [2.75, 3.05) is 10.4 Å². The second kappa shape index (κ2) is 10.2. The fourth-order valence-corrected chi connectivity index (χ4v) is 4.18. The number of Topliss-reactive ketones (excluding diaryl/α,β-unsaturated/α-hetero) is 1. The Labute approximate surface area is 176 Å². The van der Waals surface area contributed by atoms with E-state index in [1.807, 2.05) is 12.1 Å². The van der Waals surface area contributed by atoms with E-state index in [0.717, 1.165) is 28.5 Å². The van der Waals surface area contributed by atoms with E-state index in [-0.39, 0.29) is 5.78 Å². The number of halogens is 2. The number of hydrogen-bond acceptors (Lipinski definition) is 7. The van der Waals surface area contributed by atoms with Crippen LogP contribution in [-0.2, 0) is 4.79 Å². The number of carbonyl (C=O) groups excluding carboxylic acids is 1. The Morgan fingerprint density at radius 3 is 2.52 bits per heavy atom.